The molecule has 1 unspecified atom stereocenters. The number of hydrogen-bond acceptors (Lipinski definition) is 4. The number of carbonyl (C=O) groups is 2. The molecule has 2 heterocycles. The normalized spacial score (nSPS) is 20.7. The van der Waals surface area contributed by atoms with Crippen molar-refractivity contribution in [1.29, 1.82) is 0 Å². The number of esters is 1. The first-order valence-corrected chi connectivity index (χ1v) is 7.71. The van der Waals surface area contributed by atoms with Crippen molar-refractivity contribution in [2.24, 2.45) is 0 Å². The maximum atomic E-state index is 12.3. The van der Waals surface area contributed by atoms with Crippen molar-refractivity contribution >= 4 is 23.5 Å². The first kappa shape index (κ1) is 15.6. The third kappa shape index (κ3) is 2.32. The number of benzene rings is 1. The van der Waals surface area contributed by atoms with Gasteiger partial charge in [0, 0.05) is 17.3 Å². The fourth-order valence-corrected chi connectivity index (χ4v) is 3.59. The lowest BCUT2D eigenvalue weighted by Gasteiger charge is -2.34. The Hall–Kier alpha value is -2.27. The minimum absolute atomic E-state index is 0.160. The highest BCUT2D eigenvalue weighted by Crippen LogP contribution is 2.46. The highest BCUT2D eigenvalue weighted by Gasteiger charge is 2.44. The van der Waals surface area contributed by atoms with E-state index in [0.29, 0.717) is 28.4 Å². The Morgan fingerprint density at radius 2 is 2.13 bits per heavy atom. The summed E-state index contributed by atoms with van der Waals surface area (Å²) < 4.78 is 5.18. The van der Waals surface area contributed by atoms with Crippen LogP contribution in [0.15, 0.2) is 46.8 Å². The smallest absolute Gasteiger partial charge is 0.337 e. The Labute approximate surface area is 138 Å². The van der Waals surface area contributed by atoms with Gasteiger partial charge in [0.1, 0.15) is 6.61 Å². The minimum Gasteiger partial charge on any atom is -0.478 e. The number of halogens is 1. The molecule has 3 rings (SSSR count). The molecule has 0 bridgehead atoms. The number of hydrogen-bond donors (Lipinski definition) is 1. The molecular formula is C17H16ClNO4. The van der Waals surface area contributed by atoms with Gasteiger partial charge in [0.2, 0.25) is 0 Å². The van der Waals surface area contributed by atoms with E-state index in [4.69, 9.17) is 16.3 Å². The zero-order valence-electron chi connectivity index (χ0n) is 12.8. The highest BCUT2D eigenvalue weighted by atomic mass is 35.5. The molecule has 0 amide bonds. The van der Waals surface area contributed by atoms with Crippen LogP contribution in [0.3, 0.4) is 0 Å². The molecule has 0 spiro atoms. The van der Waals surface area contributed by atoms with Gasteiger partial charge in [0.15, 0.2) is 0 Å². The van der Waals surface area contributed by atoms with E-state index >= 15 is 0 Å². The van der Waals surface area contributed by atoms with Gasteiger partial charge in [-0.05, 0) is 25.5 Å². The first-order valence-electron chi connectivity index (χ1n) is 7.33. The molecule has 0 aliphatic carbocycles. The predicted octanol–water partition coefficient (Wildman–Crippen LogP) is 2.93. The third-order valence-corrected chi connectivity index (χ3v) is 4.68. The van der Waals surface area contributed by atoms with Crippen LogP contribution in [0.1, 0.15) is 25.3 Å². The van der Waals surface area contributed by atoms with Crippen molar-refractivity contribution < 1.29 is 19.4 Å². The van der Waals surface area contributed by atoms with Gasteiger partial charge < -0.3 is 14.7 Å². The molecule has 2 aliphatic heterocycles. The van der Waals surface area contributed by atoms with Gasteiger partial charge in [-0.1, -0.05) is 29.8 Å². The molecule has 1 aromatic rings. The van der Waals surface area contributed by atoms with Gasteiger partial charge in [-0.25, -0.2) is 9.59 Å². The average Bonchev–Trinajstić information content (AvgIpc) is 2.88. The van der Waals surface area contributed by atoms with Crippen LogP contribution in [-0.2, 0) is 14.3 Å². The molecule has 120 valence electrons. The van der Waals surface area contributed by atoms with E-state index in [0.717, 1.165) is 5.70 Å². The number of carbonyl (C=O) groups excluding carboxylic acids is 1. The van der Waals surface area contributed by atoms with Crippen LogP contribution >= 0.6 is 11.6 Å². The Morgan fingerprint density at radius 1 is 1.43 bits per heavy atom. The van der Waals surface area contributed by atoms with Gasteiger partial charge >= 0.3 is 11.9 Å². The number of nitrogens with zero attached hydrogens (tertiary/aromatic N) is 1. The van der Waals surface area contributed by atoms with E-state index in [9.17, 15) is 14.7 Å². The second-order valence-electron chi connectivity index (χ2n) is 5.44. The number of carboxylic acid groups (broad SMARTS) is 1. The second kappa shape index (κ2) is 5.74. The number of cyclic esters (lactones) is 1. The van der Waals surface area contributed by atoms with E-state index in [1.54, 1.807) is 31.2 Å². The van der Waals surface area contributed by atoms with Crippen molar-refractivity contribution in [1.82, 2.24) is 4.90 Å². The molecule has 0 saturated heterocycles. The zero-order valence-corrected chi connectivity index (χ0v) is 13.6. The number of likely N-dealkylation sites (N-methyl/N-ethyl adjacent to an activating group) is 1. The Morgan fingerprint density at radius 3 is 2.74 bits per heavy atom. The van der Waals surface area contributed by atoms with E-state index in [1.807, 2.05) is 11.8 Å². The maximum Gasteiger partial charge on any atom is 0.337 e. The van der Waals surface area contributed by atoms with Crippen LogP contribution in [0, 0.1) is 0 Å². The molecule has 0 radical (unpaired) electrons. The predicted molar refractivity (Wildman–Crippen MR) is 84.9 cm³/mol. The van der Waals surface area contributed by atoms with Gasteiger partial charge in [0.25, 0.3) is 0 Å². The van der Waals surface area contributed by atoms with Gasteiger partial charge in [-0.2, -0.15) is 0 Å². The maximum absolute atomic E-state index is 12.3. The van der Waals surface area contributed by atoms with Crippen LogP contribution in [0.4, 0.5) is 0 Å². The van der Waals surface area contributed by atoms with Crippen molar-refractivity contribution in [3.8, 4) is 0 Å². The van der Waals surface area contributed by atoms with Gasteiger partial charge in [-0.3, -0.25) is 0 Å². The van der Waals surface area contributed by atoms with Crippen molar-refractivity contribution in [2.45, 2.75) is 19.8 Å². The fourth-order valence-electron chi connectivity index (χ4n) is 3.34. The summed E-state index contributed by atoms with van der Waals surface area (Å²) in [4.78, 5) is 26.0. The number of ether oxygens (including phenoxy) is 1. The molecular weight excluding hydrogens is 318 g/mol. The molecule has 2 aliphatic rings. The first-order chi connectivity index (χ1) is 11.0. The minimum atomic E-state index is -1.06. The van der Waals surface area contributed by atoms with Gasteiger partial charge in [-0.15, -0.1) is 0 Å². The van der Waals surface area contributed by atoms with Crippen molar-refractivity contribution in [3.05, 3.63) is 57.4 Å². The van der Waals surface area contributed by atoms with Crippen LogP contribution in [0.5, 0.6) is 0 Å². The van der Waals surface area contributed by atoms with Crippen LogP contribution in [0.2, 0.25) is 5.02 Å². The second-order valence-corrected chi connectivity index (χ2v) is 5.85. The van der Waals surface area contributed by atoms with Crippen LogP contribution in [-0.4, -0.2) is 35.1 Å². The lowest BCUT2D eigenvalue weighted by atomic mass is 9.80. The third-order valence-electron chi connectivity index (χ3n) is 4.33. The van der Waals surface area contributed by atoms with Crippen LogP contribution in [0.25, 0.3) is 0 Å². The molecule has 1 N–H and O–H groups in total. The molecule has 0 fully saturated rings. The summed E-state index contributed by atoms with van der Waals surface area (Å²) in [6.07, 6.45) is 0. The summed E-state index contributed by atoms with van der Waals surface area (Å²) in [6, 6.07) is 6.99. The average molecular weight is 334 g/mol. The summed E-state index contributed by atoms with van der Waals surface area (Å²) in [5.41, 5.74) is 2.49. The Balaban J connectivity index is 2.29. The van der Waals surface area contributed by atoms with Crippen LogP contribution < -0.4 is 0 Å². The lowest BCUT2D eigenvalue weighted by molar-refractivity contribution is -0.136. The van der Waals surface area contributed by atoms with E-state index in [-0.39, 0.29) is 12.2 Å². The van der Waals surface area contributed by atoms with E-state index in [2.05, 4.69) is 0 Å². The number of allylic oxidation sites excluding steroid dienone is 1. The lowest BCUT2D eigenvalue weighted by Crippen LogP contribution is -2.33. The number of rotatable bonds is 3. The fraction of sp³-hybridized carbons (Fsp3) is 0.294. The molecule has 0 aromatic heterocycles. The summed E-state index contributed by atoms with van der Waals surface area (Å²) in [5.74, 6) is -2.25. The molecule has 5 nitrogen and oxygen atoms in total. The Kier molecular flexibility index (Phi) is 3.90. The highest BCUT2D eigenvalue weighted by molar-refractivity contribution is 6.31. The largest absolute Gasteiger partial charge is 0.478 e. The molecule has 1 atom stereocenters. The quantitative estimate of drug-likeness (QED) is 0.861. The molecule has 23 heavy (non-hydrogen) atoms. The summed E-state index contributed by atoms with van der Waals surface area (Å²) in [6.45, 7) is 4.39. The Bertz CT molecular complexity index is 764. The molecule has 6 heteroatoms. The summed E-state index contributed by atoms with van der Waals surface area (Å²) in [7, 11) is 0. The summed E-state index contributed by atoms with van der Waals surface area (Å²) >= 11 is 6.28. The molecule has 1 aromatic carbocycles. The SMILES string of the molecule is CCN1C(C)=C(C(=O)O)C(c2ccccc2Cl)C2=C1COC2=O. The monoisotopic (exact) mass is 333 g/mol. The molecule has 0 saturated carbocycles. The van der Waals surface area contributed by atoms with E-state index in [1.165, 1.54) is 0 Å². The summed E-state index contributed by atoms with van der Waals surface area (Å²) in [5, 5.41) is 10.2. The number of aliphatic carboxylic acids is 1. The van der Waals surface area contributed by atoms with E-state index < -0.39 is 17.9 Å². The number of carboxylic acids is 1. The van der Waals surface area contributed by atoms with Gasteiger partial charge in [0.05, 0.1) is 22.8 Å². The topological polar surface area (TPSA) is 66.8 Å². The standard InChI is InChI=1S/C17H16ClNO4/c1-3-19-9(2)13(16(20)21)14(10-6-4-5-7-11(10)18)15-12(19)8-23-17(15)22/h4-7,14H,3,8H2,1-2H3,(H,20,21). The zero-order chi connectivity index (χ0) is 16.7. The van der Waals surface area contributed by atoms with Crippen molar-refractivity contribution in [3.63, 3.8) is 0 Å². The van der Waals surface area contributed by atoms with Crippen molar-refractivity contribution in [2.75, 3.05) is 13.2 Å².